The summed E-state index contributed by atoms with van der Waals surface area (Å²) in [7, 11) is 1.84. The van der Waals surface area contributed by atoms with Gasteiger partial charge in [-0.3, -0.25) is 10.1 Å². The van der Waals surface area contributed by atoms with Crippen LogP contribution in [0.1, 0.15) is 6.42 Å². The summed E-state index contributed by atoms with van der Waals surface area (Å²) in [5.74, 6) is 2.46. The molecule has 0 unspecified atom stereocenters. The lowest BCUT2D eigenvalue weighted by molar-refractivity contribution is -0.0649. The topological polar surface area (TPSA) is 64.0 Å². The number of hydrogen-bond donors (Lipinski definition) is 2. The van der Waals surface area contributed by atoms with Crippen LogP contribution in [0.5, 0.6) is 0 Å². The minimum Gasteiger partial charge on any atom is -0.463 e. The third-order valence-electron chi connectivity index (χ3n) is 1.49. The number of carboxylic acid groups (broad SMARTS) is 1. The monoisotopic (exact) mass is 186 g/mol. The van der Waals surface area contributed by atoms with E-state index >= 15 is 0 Å². The van der Waals surface area contributed by atoms with Crippen LogP contribution in [0.4, 0.5) is 4.79 Å². The predicted molar refractivity (Wildman–Crippen MR) is 47.5 cm³/mol. The molecule has 0 aromatic rings. The van der Waals surface area contributed by atoms with Crippen molar-refractivity contribution in [2.75, 3.05) is 26.7 Å². The summed E-state index contributed by atoms with van der Waals surface area (Å²) < 4.78 is 0. The lowest BCUT2D eigenvalue weighted by Gasteiger charge is -2.15. The molecule has 0 aliphatic carbocycles. The Morgan fingerprint density at radius 1 is 1.54 bits per heavy atom. The molecular weight excluding hydrogens is 172 g/mol. The third-order valence-corrected chi connectivity index (χ3v) is 1.49. The molecule has 0 aromatic carbocycles. The second kappa shape index (κ2) is 6.29. The molecule has 1 amide bonds. The molecule has 0 aliphatic heterocycles. The summed E-state index contributed by atoms with van der Waals surface area (Å²) in [6, 6.07) is 0. The van der Waals surface area contributed by atoms with Crippen LogP contribution in [-0.4, -0.2) is 53.1 Å². The fourth-order valence-electron chi connectivity index (χ4n) is 0.821. The van der Waals surface area contributed by atoms with E-state index in [1.54, 1.807) is 0 Å². The molecule has 0 bridgehead atoms. The second-order valence-corrected chi connectivity index (χ2v) is 2.70. The van der Waals surface area contributed by atoms with Crippen molar-refractivity contribution in [2.45, 2.75) is 6.42 Å². The fourth-order valence-corrected chi connectivity index (χ4v) is 0.821. The SMILES string of the molecule is C#CCN(C)CCCN(O)C(=O)O. The molecular formula is C8H14N2O3. The first-order valence-corrected chi connectivity index (χ1v) is 3.89. The molecule has 0 spiro atoms. The van der Waals surface area contributed by atoms with Crippen LogP contribution in [-0.2, 0) is 0 Å². The molecule has 0 aliphatic rings. The van der Waals surface area contributed by atoms with Gasteiger partial charge in [0, 0.05) is 6.54 Å². The minimum absolute atomic E-state index is 0.101. The Hall–Kier alpha value is -1.25. The maximum atomic E-state index is 10.1. The van der Waals surface area contributed by atoms with E-state index in [2.05, 4.69) is 5.92 Å². The molecule has 0 saturated carbocycles. The Morgan fingerprint density at radius 3 is 2.62 bits per heavy atom. The van der Waals surface area contributed by atoms with Crippen LogP contribution in [0.3, 0.4) is 0 Å². The first-order chi connectivity index (χ1) is 6.07. The zero-order valence-electron chi connectivity index (χ0n) is 7.60. The number of carbonyl (C=O) groups is 1. The van der Waals surface area contributed by atoms with Gasteiger partial charge in [-0.25, -0.2) is 4.79 Å². The van der Waals surface area contributed by atoms with Crippen molar-refractivity contribution in [3.8, 4) is 12.3 Å². The molecule has 13 heavy (non-hydrogen) atoms. The Labute approximate surface area is 77.5 Å². The van der Waals surface area contributed by atoms with E-state index in [4.69, 9.17) is 16.7 Å². The van der Waals surface area contributed by atoms with E-state index in [0.29, 0.717) is 19.5 Å². The lowest BCUT2D eigenvalue weighted by Crippen LogP contribution is -2.29. The second-order valence-electron chi connectivity index (χ2n) is 2.70. The molecule has 0 rings (SSSR count). The maximum absolute atomic E-state index is 10.1. The van der Waals surface area contributed by atoms with Gasteiger partial charge in [0.25, 0.3) is 0 Å². The highest BCUT2D eigenvalue weighted by Crippen LogP contribution is 1.90. The minimum atomic E-state index is -1.33. The summed E-state index contributed by atoms with van der Waals surface area (Å²) in [5, 5.41) is 17.3. The number of terminal acetylenes is 1. The van der Waals surface area contributed by atoms with Gasteiger partial charge in [0.15, 0.2) is 0 Å². The number of amides is 1. The lowest BCUT2D eigenvalue weighted by atomic mass is 10.4. The van der Waals surface area contributed by atoms with Crippen molar-refractivity contribution in [3.63, 3.8) is 0 Å². The fraction of sp³-hybridized carbons (Fsp3) is 0.625. The normalized spacial score (nSPS) is 9.69. The van der Waals surface area contributed by atoms with Crippen molar-refractivity contribution in [1.82, 2.24) is 9.96 Å². The Morgan fingerprint density at radius 2 is 2.15 bits per heavy atom. The van der Waals surface area contributed by atoms with Crippen LogP contribution >= 0.6 is 0 Å². The van der Waals surface area contributed by atoms with E-state index in [-0.39, 0.29) is 11.6 Å². The standard InChI is InChI=1S/C8H14N2O3/c1-3-5-9(2)6-4-7-10(13)8(11)12/h1,13H,4-7H2,2H3,(H,11,12). The van der Waals surface area contributed by atoms with Crippen LogP contribution < -0.4 is 0 Å². The van der Waals surface area contributed by atoms with Gasteiger partial charge in [0.2, 0.25) is 0 Å². The van der Waals surface area contributed by atoms with Gasteiger partial charge >= 0.3 is 6.09 Å². The summed E-state index contributed by atoms with van der Waals surface area (Å²) in [4.78, 5) is 12.0. The summed E-state index contributed by atoms with van der Waals surface area (Å²) >= 11 is 0. The zero-order chi connectivity index (χ0) is 10.3. The number of hydroxylamine groups is 2. The first kappa shape index (κ1) is 11.8. The zero-order valence-corrected chi connectivity index (χ0v) is 7.60. The molecule has 0 radical (unpaired) electrons. The van der Waals surface area contributed by atoms with Crippen molar-refractivity contribution >= 4 is 6.09 Å². The average Bonchev–Trinajstić information content (AvgIpc) is 2.04. The Kier molecular flexibility index (Phi) is 5.68. The van der Waals surface area contributed by atoms with Crippen LogP contribution in [0.25, 0.3) is 0 Å². The van der Waals surface area contributed by atoms with E-state index in [0.717, 1.165) is 0 Å². The van der Waals surface area contributed by atoms with E-state index in [1.165, 1.54) is 0 Å². The van der Waals surface area contributed by atoms with Gasteiger partial charge in [-0.05, 0) is 13.5 Å². The molecule has 0 fully saturated rings. The van der Waals surface area contributed by atoms with Crippen molar-refractivity contribution in [1.29, 1.82) is 0 Å². The maximum Gasteiger partial charge on any atom is 0.431 e. The molecule has 0 heterocycles. The van der Waals surface area contributed by atoms with Gasteiger partial charge < -0.3 is 5.11 Å². The highest BCUT2D eigenvalue weighted by Gasteiger charge is 2.06. The molecule has 0 saturated heterocycles. The molecule has 2 N–H and O–H groups in total. The van der Waals surface area contributed by atoms with Gasteiger partial charge in [0.1, 0.15) is 0 Å². The molecule has 74 valence electrons. The molecule has 5 heteroatoms. The van der Waals surface area contributed by atoms with Gasteiger partial charge in [-0.1, -0.05) is 5.92 Å². The highest BCUT2D eigenvalue weighted by atomic mass is 16.6. The summed E-state index contributed by atoms with van der Waals surface area (Å²) in [6.07, 6.45) is 4.29. The van der Waals surface area contributed by atoms with Crippen LogP contribution in [0.2, 0.25) is 0 Å². The first-order valence-electron chi connectivity index (χ1n) is 3.89. The van der Waals surface area contributed by atoms with Crippen molar-refractivity contribution in [3.05, 3.63) is 0 Å². The molecule has 0 aromatic heterocycles. The van der Waals surface area contributed by atoms with Crippen LogP contribution in [0, 0.1) is 12.3 Å². The summed E-state index contributed by atoms with van der Waals surface area (Å²) in [6.45, 7) is 1.29. The highest BCUT2D eigenvalue weighted by molar-refractivity contribution is 5.63. The Bertz CT molecular complexity index is 200. The molecule has 0 atom stereocenters. The van der Waals surface area contributed by atoms with E-state index in [9.17, 15) is 4.79 Å². The number of hydrogen-bond acceptors (Lipinski definition) is 3. The number of rotatable bonds is 5. The van der Waals surface area contributed by atoms with Gasteiger partial charge in [-0.2, -0.15) is 5.06 Å². The summed E-state index contributed by atoms with van der Waals surface area (Å²) in [5.41, 5.74) is 0. The average molecular weight is 186 g/mol. The molecule has 5 nitrogen and oxygen atoms in total. The third kappa shape index (κ3) is 5.96. The van der Waals surface area contributed by atoms with Crippen molar-refractivity contribution in [2.24, 2.45) is 0 Å². The van der Waals surface area contributed by atoms with E-state index in [1.807, 2.05) is 11.9 Å². The largest absolute Gasteiger partial charge is 0.463 e. The predicted octanol–water partition coefficient (Wildman–Crippen LogP) is 0.311. The van der Waals surface area contributed by atoms with Gasteiger partial charge in [-0.15, -0.1) is 6.42 Å². The smallest absolute Gasteiger partial charge is 0.431 e. The van der Waals surface area contributed by atoms with Gasteiger partial charge in [0.05, 0.1) is 13.1 Å². The van der Waals surface area contributed by atoms with E-state index < -0.39 is 6.09 Å². The quantitative estimate of drug-likeness (QED) is 0.368. The number of nitrogens with zero attached hydrogens (tertiary/aromatic N) is 2. The van der Waals surface area contributed by atoms with Crippen molar-refractivity contribution < 1.29 is 15.1 Å². The Balaban J connectivity index is 3.45. The van der Waals surface area contributed by atoms with Crippen LogP contribution in [0.15, 0.2) is 0 Å².